The summed E-state index contributed by atoms with van der Waals surface area (Å²) >= 11 is 0. The summed E-state index contributed by atoms with van der Waals surface area (Å²) in [6, 6.07) is 10.4. The fourth-order valence-corrected chi connectivity index (χ4v) is 3.02. The van der Waals surface area contributed by atoms with Crippen LogP contribution < -0.4 is 10.6 Å². The summed E-state index contributed by atoms with van der Waals surface area (Å²) in [5, 5.41) is 15.6. The van der Waals surface area contributed by atoms with Crippen LogP contribution in [0.5, 0.6) is 0 Å². The van der Waals surface area contributed by atoms with Crippen molar-refractivity contribution in [3.05, 3.63) is 65.2 Å². The van der Waals surface area contributed by atoms with Crippen LogP contribution in [0, 0.1) is 20.8 Å². The van der Waals surface area contributed by atoms with Crippen molar-refractivity contribution >= 4 is 29.9 Å². The minimum atomic E-state index is 0. The van der Waals surface area contributed by atoms with Crippen LogP contribution in [0.15, 0.2) is 47.7 Å². The van der Waals surface area contributed by atoms with Gasteiger partial charge in [-0.1, -0.05) is 18.2 Å². The minimum Gasteiger partial charge on any atom is -0.355 e. The van der Waals surface area contributed by atoms with Crippen LogP contribution in [0.2, 0.25) is 0 Å². The average molecular weight is 493 g/mol. The van der Waals surface area contributed by atoms with Gasteiger partial charge in [-0.2, -0.15) is 10.2 Å². The van der Waals surface area contributed by atoms with Crippen LogP contribution in [0.4, 0.5) is 0 Å². The molecule has 2 heterocycles. The lowest BCUT2D eigenvalue weighted by molar-refractivity contribution is 0.597. The number of halogens is 1. The van der Waals surface area contributed by atoms with Crippen molar-refractivity contribution in [1.82, 2.24) is 30.2 Å². The maximum absolute atomic E-state index is 4.61. The van der Waals surface area contributed by atoms with Crippen molar-refractivity contribution in [2.24, 2.45) is 4.99 Å². The second-order valence-corrected chi connectivity index (χ2v) is 6.60. The van der Waals surface area contributed by atoms with Gasteiger partial charge >= 0.3 is 0 Å². The van der Waals surface area contributed by atoms with Crippen LogP contribution in [0.1, 0.15) is 22.5 Å². The van der Waals surface area contributed by atoms with E-state index in [1.807, 2.05) is 47.7 Å². The fraction of sp³-hybridized carbons (Fsp3) is 0.350. The normalized spacial score (nSPS) is 11.2. The van der Waals surface area contributed by atoms with E-state index in [1.54, 1.807) is 7.05 Å². The predicted octanol–water partition coefficient (Wildman–Crippen LogP) is 2.98. The highest BCUT2D eigenvalue weighted by Crippen LogP contribution is 2.16. The number of hydrogen-bond donors (Lipinski definition) is 2. The molecule has 0 unspecified atom stereocenters. The fourth-order valence-electron chi connectivity index (χ4n) is 3.02. The van der Waals surface area contributed by atoms with Crippen LogP contribution in [0.25, 0.3) is 5.69 Å². The zero-order valence-electron chi connectivity index (χ0n) is 16.8. The third-order valence-corrected chi connectivity index (χ3v) is 4.29. The molecule has 3 aromatic rings. The van der Waals surface area contributed by atoms with Gasteiger partial charge in [-0.15, -0.1) is 24.0 Å². The molecule has 2 aromatic heterocycles. The Balaban J connectivity index is 0.00000280. The van der Waals surface area contributed by atoms with Crippen LogP contribution in [0.3, 0.4) is 0 Å². The van der Waals surface area contributed by atoms with Gasteiger partial charge in [0.25, 0.3) is 0 Å². The zero-order valence-corrected chi connectivity index (χ0v) is 19.1. The lowest BCUT2D eigenvalue weighted by Gasteiger charge is -2.15. The van der Waals surface area contributed by atoms with E-state index in [-0.39, 0.29) is 24.0 Å². The molecule has 0 bridgehead atoms. The van der Waals surface area contributed by atoms with Crippen LogP contribution in [-0.4, -0.2) is 39.1 Å². The largest absolute Gasteiger partial charge is 0.355 e. The number of guanidine groups is 1. The molecule has 0 atom stereocenters. The van der Waals surface area contributed by atoms with E-state index in [2.05, 4.69) is 50.9 Å². The summed E-state index contributed by atoms with van der Waals surface area (Å²) < 4.78 is 3.91. The molecule has 150 valence electrons. The van der Waals surface area contributed by atoms with Gasteiger partial charge in [0.2, 0.25) is 0 Å². The Morgan fingerprint density at radius 3 is 2.57 bits per heavy atom. The van der Waals surface area contributed by atoms with Gasteiger partial charge in [0, 0.05) is 32.0 Å². The van der Waals surface area contributed by atoms with Gasteiger partial charge in [0.1, 0.15) is 0 Å². The summed E-state index contributed by atoms with van der Waals surface area (Å²) in [4.78, 5) is 4.31. The topological polar surface area (TPSA) is 72.1 Å². The van der Waals surface area contributed by atoms with Gasteiger partial charge in [-0.3, -0.25) is 9.67 Å². The van der Waals surface area contributed by atoms with E-state index in [4.69, 9.17) is 0 Å². The summed E-state index contributed by atoms with van der Waals surface area (Å²) in [5.74, 6) is 0.766. The van der Waals surface area contributed by atoms with Gasteiger partial charge < -0.3 is 10.6 Å². The van der Waals surface area contributed by atoms with Gasteiger partial charge in [0.15, 0.2) is 5.96 Å². The number of aliphatic imine (C=N–C) groups is 1. The first kappa shape index (κ1) is 21.9. The molecule has 0 spiro atoms. The molecule has 0 radical (unpaired) electrons. The van der Waals surface area contributed by atoms with Crippen molar-refractivity contribution in [2.75, 3.05) is 13.6 Å². The highest BCUT2D eigenvalue weighted by molar-refractivity contribution is 14.0. The maximum atomic E-state index is 4.61. The van der Waals surface area contributed by atoms with Crippen molar-refractivity contribution in [3.63, 3.8) is 0 Å². The Kier molecular flexibility index (Phi) is 8.04. The number of aromatic nitrogens is 4. The van der Waals surface area contributed by atoms with Gasteiger partial charge in [0.05, 0.1) is 24.1 Å². The molecule has 1 aromatic carbocycles. The van der Waals surface area contributed by atoms with E-state index >= 15 is 0 Å². The number of benzene rings is 1. The molecule has 8 heteroatoms. The Hall–Kier alpha value is -2.36. The summed E-state index contributed by atoms with van der Waals surface area (Å²) in [5.41, 5.74) is 5.55. The smallest absolute Gasteiger partial charge is 0.191 e. The van der Waals surface area contributed by atoms with E-state index in [0.29, 0.717) is 6.54 Å². The first-order valence-corrected chi connectivity index (χ1v) is 9.12. The molecule has 0 saturated heterocycles. The molecule has 0 aliphatic rings. The van der Waals surface area contributed by atoms with Crippen LogP contribution in [-0.2, 0) is 13.1 Å². The molecule has 0 saturated carbocycles. The minimum absolute atomic E-state index is 0. The monoisotopic (exact) mass is 493 g/mol. The number of para-hydroxylation sites is 1. The summed E-state index contributed by atoms with van der Waals surface area (Å²) in [7, 11) is 1.78. The first-order chi connectivity index (χ1) is 13.1. The average Bonchev–Trinajstić information content (AvgIpc) is 3.22. The Labute approximate surface area is 183 Å². The third kappa shape index (κ3) is 5.57. The highest BCUT2D eigenvalue weighted by Gasteiger charge is 2.09. The second-order valence-electron chi connectivity index (χ2n) is 6.60. The Morgan fingerprint density at radius 1 is 1.14 bits per heavy atom. The molecule has 28 heavy (non-hydrogen) atoms. The molecule has 2 N–H and O–H groups in total. The van der Waals surface area contributed by atoms with E-state index in [1.165, 1.54) is 5.56 Å². The first-order valence-electron chi connectivity index (χ1n) is 9.12. The number of rotatable bonds is 6. The van der Waals surface area contributed by atoms with E-state index in [0.717, 1.165) is 41.7 Å². The number of nitrogens with one attached hydrogen (secondary N) is 2. The summed E-state index contributed by atoms with van der Waals surface area (Å²) in [6.07, 6.45) is 3.89. The molecule has 0 fully saturated rings. The molecule has 0 aliphatic carbocycles. The van der Waals surface area contributed by atoms with Crippen molar-refractivity contribution in [3.8, 4) is 5.69 Å². The third-order valence-electron chi connectivity index (χ3n) is 4.29. The van der Waals surface area contributed by atoms with Crippen LogP contribution >= 0.6 is 24.0 Å². The lowest BCUT2D eigenvalue weighted by Crippen LogP contribution is -2.38. The highest BCUT2D eigenvalue weighted by atomic mass is 127. The molecule has 0 amide bonds. The zero-order chi connectivity index (χ0) is 19.2. The number of hydrogen-bond acceptors (Lipinski definition) is 3. The van der Waals surface area contributed by atoms with Crippen molar-refractivity contribution in [2.45, 2.75) is 33.9 Å². The maximum Gasteiger partial charge on any atom is 0.191 e. The van der Waals surface area contributed by atoms with E-state index < -0.39 is 0 Å². The van der Waals surface area contributed by atoms with Crippen molar-refractivity contribution < 1.29 is 0 Å². The van der Waals surface area contributed by atoms with Crippen molar-refractivity contribution in [1.29, 1.82) is 0 Å². The molecule has 3 rings (SSSR count). The lowest BCUT2D eigenvalue weighted by atomic mass is 10.1. The summed E-state index contributed by atoms with van der Waals surface area (Å²) in [6.45, 7) is 8.32. The van der Waals surface area contributed by atoms with Gasteiger partial charge in [-0.25, -0.2) is 4.68 Å². The number of nitrogens with zero attached hydrogens (tertiary/aromatic N) is 5. The molecular weight excluding hydrogens is 465 g/mol. The number of aryl methyl sites for hydroxylation is 3. The quantitative estimate of drug-likeness (QED) is 0.315. The Bertz CT molecular complexity index is 926. The predicted molar refractivity (Wildman–Crippen MR) is 124 cm³/mol. The SMILES string of the molecule is CN=C(NCCn1cc(C)cn1)NCc1ccccc1-n1nc(C)cc1C.I. The Morgan fingerprint density at radius 2 is 1.93 bits per heavy atom. The standard InChI is InChI=1S/C20H27N7.HI/c1-15-12-24-26(14-15)10-9-22-20(21-4)23-13-18-7-5-6-8-19(18)27-17(3)11-16(2)25-27;/h5-8,11-12,14H,9-10,13H2,1-4H3,(H2,21,22,23);1H. The molecular formula is C20H28IN7. The molecule has 7 nitrogen and oxygen atoms in total. The molecule has 0 aliphatic heterocycles. The van der Waals surface area contributed by atoms with Gasteiger partial charge in [-0.05, 0) is 44.0 Å². The van der Waals surface area contributed by atoms with E-state index in [9.17, 15) is 0 Å². The second kappa shape index (κ2) is 10.3.